The summed E-state index contributed by atoms with van der Waals surface area (Å²) in [4.78, 5) is 28.7. The molecule has 0 bridgehead atoms. The highest BCUT2D eigenvalue weighted by Crippen LogP contribution is 2.26. The maximum atomic E-state index is 14.0. The number of anilines is 1. The standard InChI is InChI=1S/C30H36BrN3O4S/c1-21-15-16-26(17-22(21)2)34(39(37,38)27-13-8-7-9-14-27)20-28(35)33(19-24-11-10-12-25(31)18-24)23(3)29(36)32-30(4,5)6/h7-18,23H,19-20H2,1-6H3,(H,32,36)/t23-/m0/s1. The van der Waals surface area contributed by atoms with Gasteiger partial charge in [0.1, 0.15) is 12.6 Å². The third kappa shape index (κ3) is 7.92. The lowest BCUT2D eigenvalue weighted by Crippen LogP contribution is -2.54. The number of hydrogen-bond donors (Lipinski definition) is 1. The van der Waals surface area contributed by atoms with Crippen LogP contribution in [-0.4, -0.2) is 43.3 Å². The highest BCUT2D eigenvalue weighted by atomic mass is 79.9. The van der Waals surface area contributed by atoms with Crippen molar-refractivity contribution < 1.29 is 18.0 Å². The molecule has 0 aliphatic carbocycles. The minimum atomic E-state index is -4.09. The summed E-state index contributed by atoms with van der Waals surface area (Å²) < 4.78 is 29.7. The van der Waals surface area contributed by atoms with Gasteiger partial charge in [-0.15, -0.1) is 0 Å². The number of rotatable bonds is 9. The number of carbonyl (C=O) groups is 2. The molecule has 0 heterocycles. The molecule has 3 aromatic carbocycles. The first-order valence-electron chi connectivity index (χ1n) is 12.7. The van der Waals surface area contributed by atoms with Crippen LogP contribution >= 0.6 is 15.9 Å². The van der Waals surface area contributed by atoms with Crippen molar-refractivity contribution in [1.29, 1.82) is 0 Å². The summed E-state index contributed by atoms with van der Waals surface area (Å²) in [5.41, 5.74) is 2.59. The quantitative estimate of drug-likeness (QED) is 0.341. The molecule has 208 valence electrons. The van der Waals surface area contributed by atoms with Crippen molar-refractivity contribution in [2.24, 2.45) is 0 Å². The number of halogens is 1. The van der Waals surface area contributed by atoms with E-state index in [4.69, 9.17) is 0 Å². The molecule has 0 saturated heterocycles. The van der Waals surface area contributed by atoms with Crippen LogP contribution in [0, 0.1) is 13.8 Å². The maximum Gasteiger partial charge on any atom is 0.264 e. The molecular weight excluding hydrogens is 578 g/mol. The van der Waals surface area contributed by atoms with Gasteiger partial charge < -0.3 is 10.2 Å². The Morgan fingerprint density at radius 3 is 2.18 bits per heavy atom. The highest BCUT2D eigenvalue weighted by molar-refractivity contribution is 9.10. The molecule has 0 aromatic heterocycles. The number of nitrogens with zero attached hydrogens (tertiary/aromatic N) is 2. The number of sulfonamides is 1. The van der Waals surface area contributed by atoms with Crippen molar-refractivity contribution in [3.8, 4) is 0 Å². The third-order valence-electron chi connectivity index (χ3n) is 6.30. The zero-order chi connectivity index (χ0) is 29.0. The molecule has 1 N–H and O–H groups in total. The molecule has 3 aromatic rings. The lowest BCUT2D eigenvalue weighted by atomic mass is 10.1. The fourth-order valence-electron chi connectivity index (χ4n) is 4.02. The van der Waals surface area contributed by atoms with Crippen LogP contribution < -0.4 is 9.62 Å². The van der Waals surface area contributed by atoms with Crippen molar-refractivity contribution in [3.63, 3.8) is 0 Å². The summed E-state index contributed by atoms with van der Waals surface area (Å²) in [5.74, 6) is -0.821. The van der Waals surface area contributed by atoms with Gasteiger partial charge >= 0.3 is 0 Å². The predicted octanol–water partition coefficient (Wildman–Crippen LogP) is 5.59. The zero-order valence-electron chi connectivity index (χ0n) is 23.2. The number of nitrogens with one attached hydrogen (secondary N) is 1. The Balaban J connectivity index is 2.05. The first-order chi connectivity index (χ1) is 18.2. The van der Waals surface area contributed by atoms with Gasteiger partial charge in [-0.1, -0.05) is 52.3 Å². The number of carbonyl (C=O) groups excluding carboxylic acids is 2. The van der Waals surface area contributed by atoms with Crippen molar-refractivity contribution in [2.45, 2.75) is 64.6 Å². The first-order valence-corrected chi connectivity index (χ1v) is 14.9. The van der Waals surface area contributed by atoms with Crippen LogP contribution in [0.25, 0.3) is 0 Å². The van der Waals surface area contributed by atoms with Crippen LogP contribution in [-0.2, 0) is 26.2 Å². The molecular formula is C30H36BrN3O4S. The second-order valence-corrected chi connectivity index (χ2v) is 13.4. The van der Waals surface area contributed by atoms with Crippen molar-refractivity contribution in [1.82, 2.24) is 10.2 Å². The summed E-state index contributed by atoms with van der Waals surface area (Å²) in [7, 11) is -4.09. The van der Waals surface area contributed by atoms with Crippen LogP contribution in [0.15, 0.2) is 82.2 Å². The molecule has 0 aliphatic heterocycles. The van der Waals surface area contributed by atoms with E-state index < -0.39 is 34.1 Å². The topological polar surface area (TPSA) is 86.8 Å². The second kappa shape index (κ2) is 12.3. The predicted molar refractivity (Wildman–Crippen MR) is 159 cm³/mol. The average molecular weight is 615 g/mol. The van der Waals surface area contributed by atoms with Crippen LogP contribution in [0.1, 0.15) is 44.4 Å². The Morgan fingerprint density at radius 1 is 0.923 bits per heavy atom. The minimum absolute atomic E-state index is 0.0769. The summed E-state index contributed by atoms with van der Waals surface area (Å²) in [5, 5.41) is 2.93. The molecule has 9 heteroatoms. The number of benzene rings is 3. The van der Waals surface area contributed by atoms with Gasteiger partial charge in [0, 0.05) is 16.6 Å². The van der Waals surface area contributed by atoms with E-state index in [1.807, 2.05) is 65.0 Å². The number of hydrogen-bond acceptors (Lipinski definition) is 4. The number of amides is 2. The Bertz CT molecular complexity index is 1440. The van der Waals surface area contributed by atoms with Crippen LogP contribution in [0.4, 0.5) is 5.69 Å². The molecule has 7 nitrogen and oxygen atoms in total. The largest absolute Gasteiger partial charge is 0.350 e. The minimum Gasteiger partial charge on any atom is -0.350 e. The second-order valence-electron chi connectivity index (χ2n) is 10.7. The van der Waals surface area contributed by atoms with E-state index in [-0.39, 0.29) is 17.3 Å². The van der Waals surface area contributed by atoms with Gasteiger partial charge in [-0.2, -0.15) is 0 Å². The molecule has 0 unspecified atom stereocenters. The van der Waals surface area contributed by atoms with Gasteiger partial charge in [-0.05, 0) is 94.6 Å². The van der Waals surface area contributed by atoms with Gasteiger partial charge in [0.2, 0.25) is 11.8 Å². The van der Waals surface area contributed by atoms with Gasteiger partial charge in [0.05, 0.1) is 10.6 Å². The van der Waals surface area contributed by atoms with Gasteiger partial charge in [-0.3, -0.25) is 13.9 Å². The Kier molecular flexibility index (Phi) is 9.61. The molecule has 2 amide bonds. The summed E-state index contributed by atoms with van der Waals surface area (Å²) >= 11 is 3.46. The molecule has 0 spiro atoms. The van der Waals surface area contributed by atoms with E-state index in [1.54, 1.807) is 37.3 Å². The average Bonchev–Trinajstić information content (AvgIpc) is 2.86. The van der Waals surface area contributed by atoms with Gasteiger partial charge in [0.15, 0.2) is 0 Å². The summed E-state index contributed by atoms with van der Waals surface area (Å²) in [6.07, 6.45) is 0. The third-order valence-corrected chi connectivity index (χ3v) is 8.58. The van der Waals surface area contributed by atoms with E-state index in [9.17, 15) is 18.0 Å². The van der Waals surface area contributed by atoms with Crippen molar-refractivity contribution >= 4 is 43.5 Å². The number of aryl methyl sites for hydroxylation is 2. The fourth-order valence-corrected chi connectivity index (χ4v) is 5.89. The summed E-state index contributed by atoms with van der Waals surface area (Å²) in [6.45, 7) is 10.7. The summed E-state index contributed by atoms with van der Waals surface area (Å²) in [6, 6.07) is 19.9. The van der Waals surface area contributed by atoms with Gasteiger partial charge in [-0.25, -0.2) is 8.42 Å². The SMILES string of the molecule is Cc1ccc(N(CC(=O)N(Cc2cccc(Br)c2)[C@@H](C)C(=O)NC(C)(C)C)S(=O)(=O)c2ccccc2)cc1C. The Labute approximate surface area is 240 Å². The molecule has 0 aliphatic rings. The lowest BCUT2D eigenvalue weighted by molar-refractivity contribution is -0.140. The Morgan fingerprint density at radius 2 is 1.59 bits per heavy atom. The normalized spacial score (nSPS) is 12.5. The van der Waals surface area contributed by atoms with Gasteiger partial charge in [0.25, 0.3) is 10.0 Å². The molecule has 1 atom stereocenters. The van der Waals surface area contributed by atoms with E-state index >= 15 is 0 Å². The molecule has 3 rings (SSSR count). The van der Waals surface area contributed by atoms with Crippen molar-refractivity contribution in [3.05, 3.63) is 94.0 Å². The van der Waals surface area contributed by atoms with E-state index in [1.165, 1.54) is 17.0 Å². The molecule has 0 radical (unpaired) electrons. The zero-order valence-corrected chi connectivity index (χ0v) is 25.6. The smallest absolute Gasteiger partial charge is 0.264 e. The molecule has 39 heavy (non-hydrogen) atoms. The Hall–Kier alpha value is -3.17. The van der Waals surface area contributed by atoms with E-state index in [0.717, 1.165) is 25.5 Å². The van der Waals surface area contributed by atoms with E-state index in [2.05, 4.69) is 21.2 Å². The molecule has 0 saturated carbocycles. The first kappa shape index (κ1) is 30.4. The van der Waals surface area contributed by atoms with Crippen molar-refractivity contribution in [2.75, 3.05) is 10.8 Å². The van der Waals surface area contributed by atoms with E-state index in [0.29, 0.717) is 5.69 Å². The molecule has 0 fully saturated rings. The van der Waals surface area contributed by atoms with Crippen LogP contribution in [0.2, 0.25) is 0 Å². The van der Waals surface area contributed by atoms with Crippen LogP contribution in [0.5, 0.6) is 0 Å². The lowest BCUT2D eigenvalue weighted by Gasteiger charge is -2.33. The fraction of sp³-hybridized carbons (Fsp3) is 0.333. The maximum absolute atomic E-state index is 14.0. The highest BCUT2D eigenvalue weighted by Gasteiger charge is 2.33. The van der Waals surface area contributed by atoms with Crippen LogP contribution in [0.3, 0.4) is 0 Å². The monoisotopic (exact) mass is 613 g/mol.